The highest BCUT2D eigenvalue weighted by molar-refractivity contribution is 7.92. The van der Waals surface area contributed by atoms with Gasteiger partial charge in [-0.05, 0) is 36.8 Å². The molecule has 0 bridgehead atoms. The highest BCUT2D eigenvalue weighted by Gasteiger charge is 2.30. The summed E-state index contributed by atoms with van der Waals surface area (Å²) in [7, 11) is -1.52. The van der Waals surface area contributed by atoms with Crippen molar-refractivity contribution in [2.45, 2.75) is 18.4 Å². The molecule has 3 aromatic carbocycles. The predicted molar refractivity (Wildman–Crippen MR) is 124 cm³/mol. The molecule has 0 fully saturated rings. The molecule has 33 heavy (non-hydrogen) atoms. The summed E-state index contributed by atoms with van der Waals surface area (Å²) < 4.78 is 52.7. The summed E-state index contributed by atoms with van der Waals surface area (Å²) >= 11 is 0. The van der Waals surface area contributed by atoms with Gasteiger partial charge in [0.2, 0.25) is 5.91 Å². The molecule has 0 unspecified atom stereocenters. The topological polar surface area (TPSA) is 84.9 Å². The second kappa shape index (κ2) is 10.4. The quantitative estimate of drug-likeness (QED) is 0.514. The minimum Gasteiger partial charge on any atom is -0.493 e. The number of ether oxygens (including phenoxy) is 2. The highest BCUT2D eigenvalue weighted by Crippen LogP contribution is 2.32. The largest absolute Gasteiger partial charge is 0.493 e. The molecule has 1 N–H and O–H groups in total. The number of anilines is 1. The normalized spacial score (nSPS) is 11.0. The van der Waals surface area contributed by atoms with E-state index in [-0.39, 0.29) is 22.9 Å². The van der Waals surface area contributed by atoms with Gasteiger partial charge >= 0.3 is 0 Å². The van der Waals surface area contributed by atoms with Crippen molar-refractivity contribution in [3.63, 3.8) is 0 Å². The van der Waals surface area contributed by atoms with Crippen LogP contribution in [0.2, 0.25) is 0 Å². The number of para-hydroxylation sites is 1. The smallest absolute Gasteiger partial charge is 0.265 e. The van der Waals surface area contributed by atoms with Gasteiger partial charge in [0.1, 0.15) is 12.4 Å². The molecule has 0 spiro atoms. The van der Waals surface area contributed by atoms with E-state index in [2.05, 4.69) is 5.32 Å². The Kier molecular flexibility index (Phi) is 7.55. The van der Waals surface area contributed by atoms with Crippen molar-refractivity contribution < 1.29 is 27.1 Å². The van der Waals surface area contributed by atoms with Gasteiger partial charge in [0.15, 0.2) is 11.5 Å². The van der Waals surface area contributed by atoms with Crippen molar-refractivity contribution in [3.8, 4) is 11.5 Å². The summed E-state index contributed by atoms with van der Waals surface area (Å²) in [6.07, 6.45) is 0. The molecule has 0 aliphatic carbocycles. The van der Waals surface area contributed by atoms with Crippen molar-refractivity contribution >= 4 is 21.6 Å². The van der Waals surface area contributed by atoms with Crippen LogP contribution in [-0.4, -0.2) is 35.1 Å². The molecular weight excluding hydrogens is 447 g/mol. The number of benzene rings is 3. The molecule has 0 atom stereocenters. The molecule has 7 nitrogen and oxygen atoms in total. The third-order valence-electron chi connectivity index (χ3n) is 4.96. The van der Waals surface area contributed by atoms with Gasteiger partial charge in [-0.1, -0.05) is 42.0 Å². The van der Waals surface area contributed by atoms with Crippen molar-refractivity contribution in [1.82, 2.24) is 5.32 Å². The van der Waals surface area contributed by atoms with Gasteiger partial charge in [-0.2, -0.15) is 0 Å². The molecule has 174 valence electrons. The lowest BCUT2D eigenvalue weighted by Gasteiger charge is -2.25. The average Bonchev–Trinajstić information content (AvgIpc) is 2.82. The van der Waals surface area contributed by atoms with E-state index in [9.17, 15) is 17.6 Å². The Morgan fingerprint density at radius 3 is 2.27 bits per heavy atom. The lowest BCUT2D eigenvalue weighted by molar-refractivity contribution is -0.119. The van der Waals surface area contributed by atoms with Crippen molar-refractivity contribution in [2.75, 3.05) is 25.1 Å². The maximum Gasteiger partial charge on any atom is 0.265 e. The van der Waals surface area contributed by atoms with Gasteiger partial charge in [0.25, 0.3) is 10.0 Å². The van der Waals surface area contributed by atoms with Crippen molar-refractivity contribution in [2.24, 2.45) is 0 Å². The lowest BCUT2D eigenvalue weighted by atomic mass is 10.1. The van der Waals surface area contributed by atoms with Gasteiger partial charge in [-0.3, -0.25) is 9.10 Å². The van der Waals surface area contributed by atoms with Crippen molar-refractivity contribution in [1.29, 1.82) is 0 Å². The Morgan fingerprint density at radius 2 is 1.64 bits per heavy atom. The number of aryl methyl sites for hydroxylation is 1. The average molecular weight is 473 g/mol. The maximum absolute atomic E-state index is 14.6. The second-order valence-electron chi connectivity index (χ2n) is 7.24. The Hall–Kier alpha value is -3.59. The highest BCUT2D eigenvalue weighted by atomic mass is 32.2. The van der Waals surface area contributed by atoms with E-state index in [4.69, 9.17) is 9.47 Å². The van der Waals surface area contributed by atoms with Gasteiger partial charge < -0.3 is 14.8 Å². The van der Waals surface area contributed by atoms with Gasteiger partial charge in [0, 0.05) is 12.6 Å². The number of carbonyl (C=O) groups is 1. The Balaban J connectivity index is 1.92. The minimum absolute atomic E-state index is 0.172. The Morgan fingerprint density at radius 1 is 0.970 bits per heavy atom. The molecule has 3 rings (SSSR count). The molecule has 9 heteroatoms. The number of nitrogens with zero attached hydrogens (tertiary/aromatic N) is 1. The lowest BCUT2D eigenvalue weighted by Crippen LogP contribution is -2.41. The van der Waals surface area contributed by atoms with E-state index in [1.807, 2.05) is 31.2 Å². The number of amides is 1. The molecule has 0 aliphatic heterocycles. The number of halogens is 1. The molecule has 0 saturated heterocycles. The zero-order valence-corrected chi connectivity index (χ0v) is 19.4. The van der Waals surface area contributed by atoms with Crippen LogP contribution < -0.4 is 19.1 Å². The number of methoxy groups -OCH3 is 2. The van der Waals surface area contributed by atoms with E-state index < -0.39 is 28.3 Å². The SMILES string of the molecule is COc1ccc(S(=O)(=O)N(CC(=O)NCc2ccc(C)cc2)c2ccccc2F)cc1OC. The van der Waals surface area contributed by atoms with Gasteiger partial charge in [-0.15, -0.1) is 0 Å². The monoisotopic (exact) mass is 472 g/mol. The standard InChI is InChI=1S/C24H25FN2O5S/c1-17-8-10-18(11-9-17)15-26-24(28)16-27(21-7-5-4-6-20(21)25)33(29,30)19-12-13-22(31-2)23(14-19)32-3/h4-14H,15-16H2,1-3H3,(H,26,28). The first-order valence-corrected chi connectivity index (χ1v) is 11.5. The summed E-state index contributed by atoms with van der Waals surface area (Å²) in [4.78, 5) is 12.5. The zero-order chi connectivity index (χ0) is 24.0. The minimum atomic E-state index is -4.32. The van der Waals surface area contributed by atoms with Crippen LogP contribution in [0.5, 0.6) is 11.5 Å². The molecule has 0 heterocycles. The molecule has 0 radical (unpaired) electrons. The van der Waals surface area contributed by atoms with E-state index >= 15 is 0 Å². The van der Waals surface area contributed by atoms with Crippen LogP contribution >= 0.6 is 0 Å². The molecule has 1 amide bonds. The third-order valence-corrected chi connectivity index (χ3v) is 6.72. The van der Waals surface area contributed by atoms with Crippen LogP contribution in [0.15, 0.2) is 71.6 Å². The van der Waals surface area contributed by atoms with Crippen LogP contribution in [0, 0.1) is 12.7 Å². The first kappa shape index (κ1) is 24.1. The summed E-state index contributed by atoms with van der Waals surface area (Å²) in [6.45, 7) is 1.55. The fourth-order valence-electron chi connectivity index (χ4n) is 3.15. The number of carbonyl (C=O) groups excluding carboxylic acids is 1. The summed E-state index contributed by atoms with van der Waals surface area (Å²) in [5, 5.41) is 2.69. The molecule has 0 aromatic heterocycles. The first-order chi connectivity index (χ1) is 15.8. The summed E-state index contributed by atoms with van der Waals surface area (Å²) in [5.41, 5.74) is 1.70. The third kappa shape index (κ3) is 5.61. The summed E-state index contributed by atoms with van der Waals surface area (Å²) in [6, 6.07) is 17.0. The summed E-state index contributed by atoms with van der Waals surface area (Å²) in [5.74, 6) is -0.823. The number of hydrogen-bond donors (Lipinski definition) is 1. The second-order valence-corrected chi connectivity index (χ2v) is 9.10. The number of nitrogens with one attached hydrogen (secondary N) is 1. The zero-order valence-electron chi connectivity index (χ0n) is 18.5. The molecular formula is C24H25FN2O5S. The van der Waals surface area contributed by atoms with Crippen LogP contribution in [0.3, 0.4) is 0 Å². The number of sulfonamides is 1. The molecule has 0 saturated carbocycles. The Labute approximate surface area is 192 Å². The van der Waals surface area contributed by atoms with E-state index in [0.29, 0.717) is 5.75 Å². The van der Waals surface area contributed by atoms with E-state index in [1.165, 1.54) is 50.6 Å². The first-order valence-electron chi connectivity index (χ1n) is 10.1. The van der Waals surface area contributed by atoms with Crippen molar-refractivity contribution in [3.05, 3.63) is 83.7 Å². The fourth-order valence-corrected chi connectivity index (χ4v) is 4.60. The Bertz CT molecular complexity index is 1230. The van der Waals surface area contributed by atoms with Crippen LogP contribution in [-0.2, 0) is 21.4 Å². The van der Waals surface area contributed by atoms with Gasteiger partial charge in [-0.25, -0.2) is 12.8 Å². The number of rotatable bonds is 9. The molecule has 0 aliphatic rings. The predicted octanol–water partition coefficient (Wildman–Crippen LogP) is 3.66. The van der Waals surface area contributed by atoms with E-state index in [0.717, 1.165) is 21.5 Å². The molecule has 3 aromatic rings. The van der Waals surface area contributed by atoms with E-state index in [1.54, 1.807) is 0 Å². The number of hydrogen-bond acceptors (Lipinski definition) is 5. The van der Waals surface area contributed by atoms with Crippen LogP contribution in [0.25, 0.3) is 0 Å². The van der Waals surface area contributed by atoms with Crippen LogP contribution in [0.4, 0.5) is 10.1 Å². The van der Waals surface area contributed by atoms with Gasteiger partial charge in [0.05, 0.1) is 24.8 Å². The fraction of sp³-hybridized carbons (Fsp3) is 0.208. The van der Waals surface area contributed by atoms with Crippen LogP contribution in [0.1, 0.15) is 11.1 Å². The maximum atomic E-state index is 14.6.